The largest absolute Gasteiger partial charge is 0.507 e. The molecule has 2 aromatic carbocycles. The number of aromatic hydroxyl groups is 1. The Morgan fingerprint density at radius 2 is 1.85 bits per heavy atom. The molecular weight excluding hydrogens is 336 g/mol. The minimum Gasteiger partial charge on any atom is -0.507 e. The van der Waals surface area contributed by atoms with Crippen LogP contribution in [0.5, 0.6) is 5.75 Å². The minimum absolute atomic E-state index is 0.0419. The molecule has 0 heterocycles. The third kappa shape index (κ3) is 3.64. The first-order valence-electron chi connectivity index (χ1n) is 6.19. The monoisotopic (exact) mass is 350 g/mol. The third-order valence-electron chi connectivity index (χ3n) is 2.97. The molecule has 0 saturated heterocycles. The van der Waals surface area contributed by atoms with Crippen molar-refractivity contribution in [2.75, 3.05) is 5.75 Å². The number of Topliss-reactive ketones (excluding diaryl/α,β-unsaturated/α-hetero) is 1. The first-order chi connectivity index (χ1) is 9.47. The molecule has 0 bridgehead atoms. The van der Waals surface area contributed by atoms with Gasteiger partial charge in [0.25, 0.3) is 0 Å². The molecule has 0 radical (unpaired) electrons. The molecule has 0 saturated carbocycles. The van der Waals surface area contributed by atoms with Crippen molar-refractivity contribution in [1.82, 2.24) is 0 Å². The molecule has 0 spiro atoms. The second kappa shape index (κ2) is 6.46. The lowest BCUT2D eigenvalue weighted by Crippen LogP contribution is -2.03. The van der Waals surface area contributed by atoms with Crippen molar-refractivity contribution in [1.29, 1.82) is 0 Å². The van der Waals surface area contributed by atoms with Crippen LogP contribution in [-0.2, 0) is 0 Å². The van der Waals surface area contributed by atoms with Crippen molar-refractivity contribution in [3.63, 3.8) is 0 Å². The van der Waals surface area contributed by atoms with E-state index < -0.39 is 0 Å². The van der Waals surface area contributed by atoms with E-state index in [0.717, 1.165) is 14.9 Å². The number of ketones is 1. The number of carbonyl (C=O) groups excluding carboxylic acids is 1. The molecule has 0 atom stereocenters. The van der Waals surface area contributed by atoms with Crippen molar-refractivity contribution in [3.05, 3.63) is 57.6 Å². The van der Waals surface area contributed by atoms with Gasteiger partial charge in [-0.15, -0.1) is 11.8 Å². The highest BCUT2D eigenvalue weighted by atomic mass is 79.9. The van der Waals surface area contributed by atoms with Gasteiger partial charge in [-0.1, -0.05) is 33.6 Å². The Kier molecular flexibility index (Phi) is 4.89. The lowest BCUT2D eigenvalue weighted by atomic mass is 10.1. The quantitative estimate of drug-likeness (QED) is 0.638. The molecule has 0 aromatic heterocycles. The lowest BCUT2D eigenvalue weighted by Gasteiger charge is -2.07. The van der Waals surface area contributed by atoms with Crippen molar-refractivity contribution < 1.29 is 9.90 Å². The maximum Gasteiger partial charge on any atom is 0.176 e. The van der Waals surface area contributed by atoms with Crippen LogP contribution in [-0.4, -0.2) is 16.6 Å². The average Bonchev–Trinajstić information content (AvgIpc) is 2.42. The number of aryl methyl sites for hydroxylation is 2. The Labute approximate surface area is 131 Å². The van der Waals surface area contributed by atoms with E-state index in [2.05, 4.69) is 15.9 Å². The second-order valence-electron chi connectivity index (χ2n) is 4.64. The molecule has 2 nitrogen and oxygen atoms in total. The minimum atomic E-state index is -0.0752. The molecule has 1 N–H and O–H groups in total. The predicted molar refractivity (Wildman–Crippen MR) is 86.8 cm³/mol. The van der Waals surface area contributed by atoms with Crippen LogP contribution in [0.3, 0.4) is 0 Å². The number of phenols is 1. The number of halogens is 1. The normalized spacial score (nSPS) is 10.6. The summed E-state index contributed by atoms with van der Waals surface area (Å²) < 4.78 is 0.832. The Morgan fingerprint density at radius 1 is 1.20 bits per heavy atom. The molecule has 0 unspecified atom stereocenters. The van der Waals surface area contributed by atoms with Crippen LogP contribution in [0.25, 0.3) is 0 Å². The molecule has 0 aliphatic carbocycles. The Morgan fingerprint density at radius 3 is 2.50 bits per heavy atom. The summed E-state index contributed by atoms with van der Waals surface area (Å²) in [5, 5.41) is 9.87. The summed E-state index contributed by atoms with van der Waals surface area (Å²) in [4.78, 5) is 13.2. The molecule has 0 aliphatic rings. The predicted octanol–water partition coefficient (Wildman–Crippen LogP) is 4.75. The van der Waals surface area contributed by atoms with Gasteiger partial charge in [-0.2, -0.15) is 0 Å². The van der Waals surface area contributed by atoms with Gasteiger partial charge >= 0.3 is 0 Å². The molecule has 0 amide bonds. The highest BCUT2D eigenvalue weighted by molar-refractivity contribution is 9.10. The van der Waals surface area contributed by atoms with Crippen LogP contribution < -0.4 is 0 Å². The molecule has 20 heavy (non-hydrogen) atoms. The van der Waals surface area contributed by atoms with E-state index in [1.165, 1.54) is 17.3 Å². The van der Waals surface area contributed by atoms with E-state index in [9.17, 15) is 9.90 Å². The number of hydrogen-bond donors (Lipinski definition) is 1. The van der Waals surface area contributed by atoms with Gasteiger partial charge < -0.3 is 5.11 Å². The van der Waals surface area contributed by atoms with Crippen molar-refractivity contribution in [3.8, 4) is 5.75 Å². The first kappa shape index (κ1) is 15.1. The van der Waals surface area contributed by atoms with Crippen LogP contribution in [0.4, 0.5) is 0 Å². The molecule has 104 valence electrons. The van der Waals surface area contributed by atoms with E-state index >= 15 is 0 Å². The summed E-state index contributed by atoms with van der Waals surface area (Å²) in [6, 6.07) is 11.3. The summed E-state index contributed by atoms with van der Waals surface area (Å²) in [5.74, 6) is 0.278. The van der Waals surface area contributed by atoms with E-state index in [4.69, 9.17) is 0 Å². The highest BCUT2D eigenvalue weighted by Gasteiger charge is 2.13. The van der Waals surface area contributed by atoms with Gasteiger partial charge in [-0.25, -0.2) is 0 Å². The number of benzene rings is 2. The van der Waals surface area contributed by atoms with Crippen molar-refractivity contribution >= 4 is 33.5 Å². The van der Waals surface area contributed by atoms with Gasteiger partial charge in [-0.05, 0) is 43.7 Å². The van der Waals surface area contributed by atoms with Gasteiger partial charge in [0.1, 0.15) is 5.75 Å². The van der Waals surface area contributed by atoms with Gasteiger partial charge in [0, 0.05) is 9.37 Å². The summed E-state index contributed by atoms with van der Waals surface area (Å²) in [6.45, 7) is 3.90. The Hall–Kier alpha value is -1.26. The average molecular weight is 351 g/mol. The molecule has 4 heteroatoms. The molecule has 2 aromatic rings. The van der Waals surface area contributed by atoms with E-state index in [1.54, 1.807) is 12.1 Å². The third-order valence-corrected chi connectivity index (χ3v) is 4.83. The van der Waals surface area contributed by atoms with Crippen LogP contribution >= 0.6 is 27.7 Å². The summed E-state index contributed by atoms with van der Waals surface area (Å²) in [5.41, 5.74) is 2.47. The Balaban J connectivity index is 2.09. The number of hydrogen-bond acceptors (Lipinski definition) is 3. The van der Waals surface area contributed by atoms with Gasteiger partial charge in [0.05, 0.1) is 11.3 Å². The molecule has 2 rings (SSSR count). The zero-order chi connectivity index (χ0) is 14.7. The maximum atomic E-state index is 12.2. The van der Waals surface area contributed by atoms with E-state index in [1.807, 2.05) is 38.1 Å². The van der Waals surface area contributed by atoms with Crippen molar-refractivity contribution in [2.45, 2.75) is 18.7 Å². The second-order valence-corrected chi connectivity index (χ2v) is 6.55. The fourth-order valence-electron chi connectivity index (χ4n) is 1.75. The zero-order valence-electron chi connectivity index (χ0n) is 11.3. The molecule has 0 aliphatic heterocycles. The smallest absolute Gasteiger partial charge is 0.176 e. The standard InChI is InChI=1S/C16H15BrO2S/c1-10-3-5-12(6-4-10)20-9-16(19)13-8-14(17)11(2)7-15(13)18/h3-8,18H,9H2,1-2H3. The first-order valence-corrected chi connectivity index (χ1v) is 7.97. The van der Waals surface area contributed by atoms with Crippen molar-refractivity contribution in [2.24, 2.45) is 0 Å². The highest BCUT2D eigenvalue weighted by Crippen LogP contribution is 2.28. The summed E-state index contributed by atoms with van der Waals surface area (Å²) in [6.07, 6.45) is 0. The molecule has 0 fully saturated rings. The number of rotatable bonds is 4. The van der Waals surface area contributed by atoms with Crippen LogP contribution in [0.15, 0.2) is 45.8 Å². The fraction of sp³-hybridized carbons (Fsp3) is 0.188. The Bertz CT molecular complexity index is 636. The van der Waals surface area contributed by atoms with Crippen LogP contribution in [0.1, 0.15) is 21.5 Å². The fourth-order valence-corrected chi connectivity index (χ4v) is 2.88. The SMILES string of the molecule is Cc1ccc(SCC(=O)c2cc(Br)c(C)cc2O)cc1. The van der Waals surface area contributed by atoms with Crippen LogP contribution in [0, 0.1) is 13.8 Å². The lowest BCUT2D eigenvalue weighted by molar-refractivity contribution is 0.102. The zero-order valence-corrected chi connectivity index (χ0v) is 13.7. The van der Waals surface area contributed by atoms with Gasteiger partial charge in [0.2, 0.25) is 0 Å². The summed E-state index contributed by atoms with van der Waals surface area (Å²) in [7, 11) is 0. The van der Waals surface area contributed by atoms with E-state index in [0.29, 0.717) is 11.3 Å². The van der Waals surface area contributed by atoms with Gasteiger partial charge in [-0.3, -0.25) is 4.79 Å². The van der Waals surface area contributed by atoms with E-state index in [-0.39, 0.29) is 11.5 Å². The number of phenolic OH excluding ortho intramolecular Hbond substituents is 1. The van der Waals surface area contributed by atoms with Crippen LogP contribution in [0.2, 0.25) is 0 Å². The molecular formula is C16H15BrO2S. The summed E-state index contributed by atoms with van der Waals surface area (Å²) >= 11 is 4.86. The number of thioether (sulfide) groups is 1. The maximum absolute atomic E-state index is 12.2. The van der Waals surface area contributed by atoms with Gasteiger partial charge in [0.15, 0.2) is 5.78 Å². The number of carbonyl (C=O) groups is 1. The topological polar surface area (TPSA) is 37.3 Å².